The van der Waals surface area contributed by atoms with Crippen molar-refractivity contribution in [2.45, 2.75) is 19.9 Å². The van der Waals surface area contributed by atoms with Crippen LogP contribution in [0.1, 0.15) is 13.8 Å². The van der Waals surface area contributed by atoms with E-state index in [0.29, 0.717) is 5.82 Å². The van der Waals surface area contributed by atoms with Gasteiger partial charge in [-0.15, -0.1) is 0 Å². The molecule has 1 amide bonds. The number of rotatable bonds is 4. The summed E-state index contributed by atoms with van der Waals surface area (Å²) in [7, 11) is 1.62. The van der Waals surface area contributed by atoms with Crippen LogP contribution >= 0.6 is 0 Å². The number of carbonyl (C=O) groups is 1. The molecule has 2 N–H and O–H groups in total. The first-order valence-corrected chi connectivity index (χ1v) is 4.89. The second kappa shape index (κ2) is 5.29. The maximum atomic E-state index is 11.5. The lowest BCUT2D eigenvalue weighted by Crippen LogP contribution is -2.41. The van der Waals surface area contributed by atoms with Crippen LogP contribution in [0.2, 0.25) is 0 Å². The first-order valence-electron chi connectivity index (χ1n) is 4.89. The van der Waals surface area contributed by atoms with Gasteiger partial charge in [-0.25, -0.2) is 4.98 Å². The van der Waals surface area contributed by atoms with Gasteiger partial charge in [-0.05, 0) is 5.92 Å². The summed E-state index contributed by atoms with van der Waals surface area (Å²) in [4.78, 5) is 19.5. The van der Waals surface area contributed by atoms with Gasteiger partial charge in [0.05, 0.1) is 6.20 Å². The molecule has 1 atom stereocenters. The van der Waals surface area contributed by atoms with Crippen molar-refractivity contribution in [2.24, 2.45) is 5.92 Å². The normalized spacial score (nSPS) is 12.3. The average molecular weight is 208 g/mol. The molecule has 1 aromatic rings. The highest BCUT2D eigenvalue weighted by Crippen LogP contribution is 2.08. The predicted octanol–water partition coefficient (Wildman–Crippen LogP) is 0.659. The van der Waals surface area contributed by atoms with Crippen molar-refractivity contribution in [1.82, 2.24) is 15.3 Å². The van der Waals surface area contributed by atoms with Crippen molar-refractivity contribution in [2.75, 3.05) is 12.4 Å². The van der Waals surface area contributed by atoms with E-state index < -0.39 is 0 Å². The van der Waals surface area contributed by atoms with E-state index >= 15 is 0 Å². The highest BCUT2D eigenvalue weighted by molar-refractivity contribution is 5.84. The minimum absolute atomic E-state index is 0.0457. The molecule has 1 unspecified atom stereocenters. The number of hydrogen-bond donors (Lipinski definition) is 2. The van der Waals surface area contributed by atoms with Crippen LogP contribution in [0.5, 0.6) is 0 Å². The second-order valence-electron chi connectivity index (χ2n) is 3.57. The Bertz CT molecular complexity index is 312. The van der Waals surface area contributed by atoms with E-state index in [0.717, 1.165) is 0 Å². The number of aromatic nitrogens is 2. The van der Waals surface area contributed by atoms with E-state index in [4.69, 9.17) is 0 Å². The molecule has 15 heavy (non-hydrogen) atoms. The molecule has 1 aromatic heterocycles. The van der Waals surface area contributed by atoms with Gasteiger partial charge in [-0.3, -0.25) is 9.78 Å². The van der Waals surface area contributed by atoms with Crippen molar-refractivity contribution < 1.29 is 4.79 Å². The summed E-state index contributed by atoms with van der Waals surface area (Å²) in [6.45, 7) is 3.95. The van der Waals surface area contributed by atoms with Crippen LogP contribution in [0.4, 0.5) is 5.82 Å². The molecule has 0 aliphatic heterocycles. The summed E-state index contributed by atoms with van der Waals surface area (Å²) in [6.07, 6.45) is 4.78. The number of nitrogens with one attached hydrogen (secondary N) is 2. The maximum absolute atomic E-state index is 11.5. The van der Waals surface area contributed by atoms with Gasteiger partial charge in [0.25, 0.3) is 0 Å². The first kappa shape index (κ1) is 11.4. The molecule has 1 heterocycles. The summed E-state index contributed by atoms with van der Waals surface area (Å²) in [5.41, 5.74) is 0. The van der Waals surface area contributed by atoms with Crippen LogP contribution < -0.4 is 10.6 Å². The third kappa shape index (κ3) is 3.19. The average Bonchev–Trinajstić information content (AvgIpc) is 2.26. The number of nitrogens with zero attached hydrogens (tertiary/aromatic N) is 2. The van der Waals surface area contributed by atoms with Crippen molar-refractivity contribution in [3.05, 3.63) is 18.6 Å². The summed E-state index contributed by atoms with van der Waals surface area (Å²) in [5, 5.41) is 5.66. The fourth-order valence-corrected chi connectivity index (χ4v) is 1.22. The molecular formula is C10H16N4O. The Kier molecular flexibility index (Phi) is 4.03. The van der Waals surface area contributed by atoms with Gasteiger partial charge in [0.15, 0.2) is 0 Å². The summed E-state index contributed by atoms with van der Waals surface area (Å²) in [5.74, 6) is 0.752. The molecule has 1 rings (SSSR count). The molecule has 0 saturated heterocycles. The van der Waals surface area contributed by atoms with Gasteiger partial charge in [-0.1, -0.05) is 13.8 Å². The summed E-state index contributed by atoms with van der Waals surface area (Å²) >= 11 is 0. The number of likely N-dealkylation sites (N-methyl/N-ethyl adjacent to an activating group) is 1. The standard InChI is InChI=1S/C10H16N4O/c1-7(2)9(10(15)11-3)14-8-6-12-4-5-13-8/h4-7,9H,1-3H3,(H,11,15)(H,13,14). The Morgan fingerprint density at radius 3 is 2.60 bits per heavy atom. The molecule has 0 radical (unpaired) electrons. The zero-order chi connectivity index (χ0) is 11.3. The molecule has 0 aliphatic rings. The zero-order valence-corrected chi connectivity index (χ0v) is 9.19. The smallest absolute Gasteiger partial charge is 0.242 e. The maximum Gasteiger partial charge on any atom is 0.242 e. The molecule has 5 heteroatoms. The van der Waals surface area contributed by atoms with E-state index in [1.165, 1.54) is 0 Å². The van der Waals surface area contributed by atoms with Crippen LogP contribution in [0, 0.1) is 5.92 Å². The van der Waals surface area contributed by atoms with Gasteiger partial charge in [0.1, 0.15) is 11.9 Å². The lowest BCUT2D eigenvalue weighted by atomic mass is 10.0. The van der Waals surface area contributed by atoms with E-state index in [-0.39, 0.29) is 17.9 Å². The van der Waals surface area contributed by atoms with Crippen LogP contribution in [0.25, 0.3) is 0 Å². The largest absolute Gasteiger partial charge is 0.357 e. The predicted molar refractivity (Wildman–Crippen MR) is 58.3 cm³/mol. The fraction of sp³-hybridized carbons (Fsp3) is 0.500. The van der Waals surface area contributed by atoms with Gasteiger partial charge < -0.3 is 10.6 Å². The molecular weight excluding hydrogens is 192 g/mol. The second-order valence-corrected chi connectivity index (χ2v) is 3.57. The Labute approximate surface area is 89.3 Å². The molecule has 0 bridgehead atoms. The Morgan fingerprint density at radius 1 is 1.40 bits per heavy atom. The lowest BCUT2D eigenvalue weighted by Gasteiger charge is -2.20. The summed E-state index contributed by atoms with van der Waals surface area (Å²) in [6, 6.07) is -0.285. The topological polar surface area (TPSA) is 66.9 Å². The van der Waals surface area contributed by atoms with Gasteiger partial charge in [-0.2, -0.15) is 0 Å². The van der Waals surface area contributed by atoms with Crippen molar-refractivity contribution in [3.63, 3.8) is 0 Å². The van der Waals surface area contributed by atoms with Crippen LogP contribution in [0.3, 0.4) is 0 Å². The molecule has 0 saturated carbocycles. The quantitative estimate of drug-likeness (QED) is 0.762. The molecule has 0 spiro atoms. The van der Waals surface area contributed by atoms with Crippen molar-refractivity contribution in [3.8, 4) is 0 Å². The number of carbonyl (C=O) groups excluding carboxylic acids is 1. The highest BCUT2D eigenvalue weighted by atomic mass is 16.2. The fourth-order valence-electron chi connectivity index (χ4n) is 1.22. The van der Waals surface area contributed by atoms with Gasteiger partial charge in [0.2, 0.25) is 5.91 Å². The molecule has 82 valence electrons. The van der Waals surface area contributed by atoms with E-state index in [9.17, 15) is 4.79 Å². The highest BCUT2D eigenvalue weighted by Gasteiger charge is 2.20. The number of hydrogen-bond acceptors (Lipinski definition) is 4. The molecule has 0 aliphatic carbocycles. The monoisotopic (exact) mass is 208 g/mol. The van der Waals surface area contributed by atoms with Crippen LogP contribution in [0.15, 0.2) is 18.6 Å². The Balaban J connectivity index is 2.72. The molecule has 0 fully saturated rings. The third-order valence-corrected chi connectivity index (χ3v) is 2.06. The van der Waals surface area contributed by atoms with Gasteiger partial charge in [0, 0.05) is 19.4 Å². The van der Waals surface area contributed by atoms with Crippen molar-refractivity contribution >= 4 is 11.7 Å². The van der Waals surface area contributed by atoms with Crippen molar-refractivity contribution in [1.29, 1.82) is 0 Å². The van der Waals surface area contributed by atoms with Crippen LogP contribution in [-0.4, -0.2) is 29.0 Å². The Morgan fingerprint density at radius 2 is 2.13 bits per heavy atom. The van der Waals surface area contributed by atoms with Crippen LogP contribution in [-0.2, 0) is 4.79 Å². The van der Waals surface area contributed by atoms with E-state index in [1.807, 2.05) is 13.8 Å². The molecule has 0 aromatic carbocycles. The number of amides is 1. The Hall–Kier alpha value is -1.65. The molecule has 5 nitrogen and oxygen atoms in total. The zero-order valence-electron chi connectivity index (χ0n) is 9.19. The van der Waals surface area contributed by atoms with E-state index in [2.05, 4.69) is 20.6 Å². The number of anilines is 1. The third-order valence-electron chi connectivity index (χ3n) is 2.06. The minimum Gasteiger partial charge on any atom is -0.357 e. The van der Waals surface area contributed by atoms with E-state index in [1.54, 1.807) is 25.6 Å². The first-order chi connectivity index (χ1) is 7.15. The summed E-state index contributed by atoms with van der Waals surface area (Å²) < 4.78 is 0. The van der Waals surface area contributed by atoms with Gasteiger partial charge >= 0.3 is 0 Å². The minimum atomic E-state index is -0.285. The lowest BCUT2D eigenvalue weighted by molar-refractivity contribution is -0.122. The SMILES string of the molecule is CNC(=O)C(Nc1cnccn1)C(C)C.